The van der Waals surface area contributed by atoms with Crippen LogP contribution in [0, 0.1) is 11.3 Å². The Balaban J connectivity index is 2.25. The first-order valence-electron chi connectivity index (χ1n) is 6.08. The topological polar surface area (TPSA) is 64.2 Å². The lowest BCUT2D eigenvalue weighted by Gasteiger charge is -2.26. The molecule has 0 aliphatic carbocycles. The molecule has 0 fully saturated rings. The quantitative estimate of drug-likeness (QED) is 0.819. The van der Waals surface area contributed by atoms with Gasteiger partial charge in [-0.1, -0.05) is 60.7 Å². The van der Waals surface area contributed by atoms with Crippen LogP contribution in [-0.4, -0.2) is 16.3 Å². The number of hydrogen-bond donors (Lipinski definition) is 2. The molecule has 2 N–H and O–H groups in total. The Hall–Kier alpha value is -2.15. The van der Waals surface area contributed by atoms with Gasteiger partial charge >= 0.3 is 0 Å². The normalized spacial score (nSPS) is 15.2. The minimum atomic E-state index is -1.89. The lowest BCUT2D eigenvalue weighted by Crippen LogP contribution is -2.39. The van der Waals surface area contributed by atoms with E-state index >= 15 is 0 Å². The van der Waals surface area contributed by atoms with Gasteiger partial charge < -0.3 is 10.2 Å². The van der Waals surface area contributed by atoms with E-state index < -0.39 is 11.7 Å². The van der Waals surface area contributed by atoms with Gasteiger partial charge in [-0.2, -0.15) is 5.26 Å². The molecule has 0 aromatic heterocycles. The smallest absolute Gasteiger partial charge is 0.203 e. The predicted molar refractivity (Wildman–Crippen MR) is 72.1 cm³/mol. The van der Waals surface area contributed by atoms with E-state index in [4.69, 9.17) is 0 Å². The molecular formula is C16H15NO2. The Morgan fingerprint density at radius 1 is 1.00 bits per heavy atom. The van der Waals surface area contributed by atoms with Gasteiger partial charge in [0.25, 0.3) is 0 Å². The summed E-state index contributed by atoms with van der Waals surface area (Å²) < 4.78 is 0. The van der Waals surface area contributed by atoms with Gasteiger partial charge in [0.1, 0.15) is 12.2 Å². The summed E-state index contributed by atoms with van der Waals surface area (Å²) in [6.45, 7) is 0. The van der Waals surface area contributed by atoms with Crippen molar-refractivity contribution in [3.8, 4) is 6.07 Å². The fraction of sp³-hybridized carbons (Fsp3) is 0.188. The predicted octanol–water partition coefficient (Wildman–Crippen LogP) is 2.00. The number of rotatable bonds is 4. The van der Waals surface area contributed by atoms with Crippen LogP contribution in [0.4, 0.5) is 0 Å². The molecule has 0 aliphatic heterocycles. The highest BCUT2D eigenvalue weighted by Gasteiger charge is 2.37. The molecule has 0 saturated carbocycles. The fourth-order valence-electron chi connectivity index (χ4n) is 2.01. The van der Waals surface area contributed by atoms with Gasteiger partial charge in [-0.05, 0) is 5.56 Å². The standard InChI is InChI=1S/C16H15NO2/c17-12-16(19,14-9-5-2-6-10-14)15(18)11-13-7-3-1-4-8-13/h1-10,15,18-19H,11H2. The SMILES string of the molecule is N#CC(O)(c1ccccc1)C(O)Cc1ccccc1. The van der Waals surface area contributed by atoms with Crippen LogP contribution in [0.5, 0.6) is 0 Å². The monoisotopic (exact) mass is 253 g/mol. The van der Waals surface area contributed by atoms with E-state index in [2.05, 4.69) is 0 Å². The van der Waals surface area contributed by atoms with Gasteiger partial charge in [0.15, 0.2) is 0 Å². The number of aliphatic hydroxyl groups is 2. The second-order valence-electron chi connectivity index (χ2n) is 4.45. The summed E-state index contributed by atoms with van der Waals surface area (Å²) in [6, 6.07) is 19.6. The third kappa shape index (κ3) is 2.82. The molecule has 2 unspecified atom stereocenters. The summed E-state index contributed by atoms with van der Waals surface area (Å²) in [5.41, 5.74) is -0.613. The van der Waals surface area contributed by atoms with Crippen LogP contribution in [0.1, 0.15) is 11.1 Å². The van der Waals surface area contributed by atoms with Crippen molar-refractivity contribution >= 4 is 0 Å². The van der Waals surface area contributed by atoms with Crippen LogP contribution >= 0.6 is 0 Å². The van der Waals surface area contributed by atoms with Crippen LogP contribution < -0.4 is 0 Å². The summed E-state index contributed by atoms with van der Waals surface area (Å²) in [5, 5.41) is 29.8. The molecule has 96 valence electrons. The van der Waals surface area contributed by atoms with Crippen molar-refractivity contribution in [2.45, 2.75) is 18.1 Å². The maximum Gasteiger partial charge on any atom is 0.203 e. The minimum Gasteiger partial charge on any atom is -0.388 e. The van der Waals surface area contributed by atoms with Crippen molar-refractivity contribution in [2.75, 3.05) is 0 Å². The van der Waals surface area contributed by atoms with E-state index in [0.29, 0.717) is 5.56 Å². The summed E-state index contributed by atoms with van der Waals surface area (Å²) in [6.07, 6.45) is -0.956. The van der Waals surface area contributed by atoms with Crippen molar-refractivity contribution in [2.24, 2.45) is 0 Å². The summed E-state index contributed by atoms with van der Waals surface area (Å²) >= 11 is 0. The number of aliphatic hydroxyl groups excluding tert-OH is 1. The van der Waals surface area contributed by atoms with E-state index in [-0.39, 0.29) is 6.42 Å². The van der Waals surface area contributed by atoms with E-state index in [9.17, 15) is 15.5 Å². The van der Waals surface area contributed by atoms with Crippen molar-refractivity contribution < 1.29 is 10.2 Å². The van der Waals surface area contributed by atoms with Crippen molar-refractivity contribution in [1.82, 2.24) is 0 Å². The van der Waals surface area contributed by atoms with Crippen LogP contribution in [0.2, 0.25) is 0 Å². The summed E-state index contributed by atoms with van der Waals surface area (Å²) in [7, 11) is 0. The third-order valence-corrected chi connectivity index (χ3v) is 3.14. The van der Waals surface area contributed by atoms with Gasteiger partial charge in [0.05, 0.1) is 0 Å². The lowest BCUT2D eigenvalue weighted by molar-refractivity contribution is -0.0371. The first kappa shape index (κ1) is 13.3. The molecule has 0 heterocycles. The zero-order chi connectivity index (χ0) is 13.7. The largest absolute Gasteiger partial charge is 0.388 e. The number of nitrogens with zero attached hydrogens (tertiary/aromatic N) is 1. The fourth-order valence-corrected chi connectivity index (χ4v) is 2.01. The third-order valence-electron chi connectivity index (χ3n) is 3.14. The molecule has 2 aromatic carbocycles. The van der Waals surface area contributed by atoms with Crippen molar-refractivity contribution in [3.05, 3.63) is 71.8 Å². The molecule has 0 saturated heterocycles. The zero-order valence-corrected chi connectivity index (χ0v) is 10.4. The summed E-state index contributed by atoms with van der Waals surface area (Å²) in [4.78, 5) is 0. The molecule has 0 bridgehead atoms. The Labute approximate surface area is 112 Å². The molecule has 19 heavy (non-hydrogen) atoms. The highest BCUT2D eigenvalue weighted by atomic mass is 16.3. The Morgan fingerprint density at radius 2 is 1.53 bits per heavy atom. The van der Waals surface area contributed by atoms with E-state index in [0.717, 1.165) is 5.56 Å². The van der Waals surface area contributed by atoms with Crippen LogP contribution in [0.3, 0.4) is 0 Å². The Morgan fingerprint density at radius 3 is 2.05 bits per heavy atom. The average molecular weight is 253 g/mol. The Kier molecular flexibility index (Phi) is 3.96. The molecule has 0 aliphatic rings. The van der Waals surface area contributed by atoms with Crippen LogP contribution in [0.15, 0.2) is 60.7 Å². The van der Waals surface area contributed by atoms with Crippen LogP contribution in [-0.2, 0) is 12.0 Å². The van der Waals surface area contributed by atoms with Gasteiger partial charge in [-0.25, -0.2) is 0 Å². The minimum absolute atomic E-state index is 0.222. The molecule has 2 rings (SSSR count). The van der Waals surface area contributed by atoms with Gasteiger partial charge in [-0.3, -0.25) is 0 Å². The van der Waals surface area contributed by atoms with E-state index in [1.807, 2.05) is 36.4 Å². The van der Waals surface area contributed by atoms with Gasteiger partial charge in [0.2, 0.25) is 5.60 Å². The van der Waals surface area contributed by atoms with Crippen LogP contribution in [0.25, 0.3) is 0 Å². The van der Waals surface area contributed by atoms with Crippen molar-refractivity contribution in [1.29, 1.82) is 5.26 Å². The molecule has 0 radical (unpaired) electrons. The lowest BCUT2D eigenvalue weighted by atomic mass is 9.86. The van der Waals surface area contributed by atoms with E-state index in [1.165, 1.54) is 0 Å². The molecule has 0 spiro atoms. The second kappa shape index (κ2) is 5.66. The van der Waals surface area contributed by atoms with Crippen molar-refractivity contribution in [3.63, 3.8) is 0 Å². The number of benzene rings is 2. The number of hydrogen-bond acceptors (Lipinski definition) is 3. The first-order valence-corrected chi connectivity index (χ1v) is 6.08. The molecule has 2 aromatic rings. The molecular weight excluding hydrogens is 238 g/mol. The van der Waals surface area contributed by atoms with Gasteiger partial charge in [-0.15, -0.1) is 0 Å². The molecule has 0 amide bonds. The maximum absolute atomic E-state index is 10.4. The Bertz CT molecular complexity index is 562. The molecule has 3 heteroatoms. The molecule has 2 atom stereocenters. The zero-order valence-electron chi connectivity index (χ0n) is 10.4. The highest BCUT2D eigenvalue weighted by Crippen LogP contribution is 2.26. The number of nitriles is 1. The maximum atomic E-state index is 10.4. The molecule has 3 nitrogen and oxygen atoms in total. The van der Waals surface area contributed by atoms with E-state index in [1.54, 1.807) is 30.3 Å². The highest BCUT2D eigenvalue weighted by molar-refractivity contribution is 5.31. The summed E-state index contributed by atoms with van der Waals surface area (Å²) in [5.74, 6) is 0. The first-order chi connectivity index (χ1) is 9.16. The average Bonchev–Trinajstić information content (AvgIpc) is 2.48. The van der Waals surface area contributed by atoms with Gasteiger partial charge in [0, 0.05) is 12.0 Å². The second-order valence-corrected chi connectivity index (χ2v) is 4.45.